The fourth-order valence-corrected chi connectivity index (χ4v) is 0.548. The van der Waals surface area contributed by atoms with Gasteiger partial charge in [0.2, 0.25) is 0 Å². The molecule has 1 heterocycles. The van der Waals surface area contributed by atoms with Crippen molar-refractivity contribution in [3.05, 3.63) is 0 Å². The van der Waals surface area contributed by atoms with Gasteiger partial charge in [-0.15, -0.1) is 0 Å². The summed E-state index contributed by atoms with van der Waals surface area (Å²) in [5.41, 5.74) is -0.375. The summed E-state index contributed by atoms with van der Waals surface area (Å²) in [6.07, 6.45) is 0. The first-order valence-electron chi connectivity index (χ1n) is 3.13. The molecule has 0 spiro atoms. The van der Waals surface area contributed by atoms with E-state index in [2.05, 4.69) is 0 Å². The Labute approximate surface area is 64.2 Å². The third kappa shape index (κ3) is 1.35. The highest BCUT2D eigenvalue weighted by Crippen LogP contribution is 2.33. The zero-order valence-electron chi connectivity index (χ0n) is 6.39. The van der Waals surface area contributed by atoms with Crippen molar-refractivity contribution in [2.45, 2.75) is 46.3 Å². The van der Waals surface area contributed by atoms with E-state index in [1.165, 1.54) is 7.69 Å². The molecule has 0 bridgehead atoms. The van der Waals surface area contributed by atoms with Gasteiger partial charge in [0.25, 0.3) is 0 Å². The van der Waals surface area contributed by atoms with Crippen molar-refractivity contribution in [1.29, 1.82) is 0 Å². The number of hydrogen-bond acceptors (Lipinski definition) is 2. The minimum atomic E-state index is -0.188. The zero-order chi connectivity index (χ0) is 7.12. The van der Waals surface area contributed by atoms with Crippen LogP contribution in [0.5, 0.6) is 0 Å². The van der Waals surface area contributed by atoms with Crippen molar-refractivity contribution in [3.8, 4) is 0 Å². The van der Waals surface area contributed by atoms with Crippen molar-refractivity contribution in [2.75, 3.05) is 0 Å². The molecule has 0 unspecified atom stereocenters. The van der Waals surface area contributed by atoms with Crippen LogP contribution in [0.2, 0.25) is 0 Å². The maximum atomic E-state index is 5.21. The molecule has 1 saturated heterocycles. The van der Waals surface area contributed by atoms with Gasteiger partial charge < -0.3 is 9.31 Å². The number of rotatable bonds is 0. The zero-order valence-corrected chi connectivity index (χ0v) is 6.39. The fourth-order valence-electron chi connectivity index (χ4n) is 0.548. The molecule has 1 rings (SSSR count). The van der Waals surface area contributed by atoms with Gasteiger partial charge in [-0.25, -0.2) is 0 Å². The largest absolute Gasteiger partial charge is 0.488 e. The van der Waals surface area contributed by atoms with Crippen LogP contribution in [0.25, 0.3) is 0 Å². The molecule has 0 aromatic carbocycles. The Bertz CT molecular complexity index is 107. The lowest BCUT2D eigenvalue weighted by Gasteiger charge is -2.32. The summed E-state index contributed by atoms with van der Waals surface area (Å²) < 4.78 is 10.4. The van der Waals surface area contributed by atoms with E-state index >= 15 is 0 Å². The van der Waals surface area contributed by atoms with Crippen LogP contribution in [-0.2, 0) is 9.31 Å². The van der Waals surface area contributed by atoms with Crippen LogP contribution in [0.3, 0.4) is 0 Å². The molecular weight excluding hydrogens is 127 g/mol. The van der Waals surface area contributed by atoms with Crippen LogP contribution in [0.4, 0.5) is 0 Å². The molecule has 10 heavy (non-hydrogen) atoms. The van der Waals surface area contributed by atoms with E-state index in [-0.39, 0.29) is 18.6 Å². The average Bonchev–Trinajstić information content (AvgIpc) is 1.81. The van der Waals surface area contributed by atoms with Crippen LogP contribution in [0, 0.1) is 0 Å². The van der Waals surface area contributed by atoms with E-state index in [1.807, 2.05) is 27.7 Å². The van der Waals surface area contributed by atoms with Crippen LogP contribution in [0.15, 0.2) is 0 Å². The average molecular weight is 143 g/mol. The first-order valence-corrected chi connectivity index (χ1v) is 3.13. The lowest BCUT2D eigenvalue weighted by atomic mass is 9.90. The van der Waals surface area contributed by atoms with Gasteiger partial charge in [-0.2, -0.15) is 0 Å². The first-order chi connectivity index (χ1) is 3.96. The molecule has 0 amide bonds. The normalized spacial score (nSPS) is 26.8. The maximum Gasteiger partial charge on any atom is 0.488 e. The van der Waals surface area contributed by atoms with Crippen LogP contribution < -0.4 is 0 Å². The fraction of sp³-hybridized carbons (Fsp3) is 1.00. The predicted octanol–water partition coefficient (Wildman–Crippen LogP) is 1.76. The molecule has 1 fully saturated rings. The summed E-state index contributed by atoms with van der Waals surface area (Å²) in [5.74, 6) is 0. The lowest BCUT2D eigenvalue weighted by molar-refractivity contribution is 0.00578. The molecule has 1 aliphatic heterocycles. The Balaban J connectivity index is 0.000000810. The third-order valence-electron chi connectivity index (χ3n) is 2.14. The number of hydrogen-bond donors (Lipinski definition) is 0. The third-order valence-corrected chi connectivity index (χ3v) is 2.14. The van der Waals surface area contributed by atoms with E-state index in [0.29, 0.717) is 0 Å². The SMILES string of the molecule is C.CC1(C)O[B]OC1(C)C. The molecule has 3 heteroatoms. The molecule has 0 aliphatic carbocycles. The summed E-state index contributed by atoms with van der Waals surface area (Å²) in [6, 6.07) is 0. The van der Waals surface area contributed by atoms with Gasteiger partial charge >= 0.3 is 7.69 Å². The molecule has 59 valence electrons. The first kappa shape index (κ1) is 9.98. The Morgan fingerprint density at radius 2 is 1.20 bits per heavy atom. The van der Waals surface area contributed by atoms with Gasteiger partial charge in [-0.05, 0) is 27.7 Å². The molecule has 1 aliphatic rings. The second-order valence-corrected chi connectivity index (χ2v) is 3.35. The van der Waals surface area contributed by atoms with E-state index in [1.54, 1.807) is 0 Å². The second-order valence-electron chi connectivity index (χ2n) is 3.35. The summed E-state index contributed by atoms with van der Waals surface area (Å²) >= 11 is 0. The molecule has 0 atom stereocenters. The monoisotopic (exact) mass is 143 g/mol. The van der Waals surface area contributed by atoms with E-state index in [0.717, 1.165) is 0 Å². The molecular formula is C7H16BO2. The Morgan fingerprint density at radius 3 is 1.30 bits per heavy atom. The highest BCUT2D eigenvalue weighted by atomic mass is 16.7. The Hall–Kier alpha value is -0.0151. The minimum absolute atomic E-state index is 0. The smallest absolute Gasteiger partial charge is 0.405 e. The minimum Gasteiger partial charge on any atom is -0.405 e. The molecule has 1 radical (unpaired) electrons. The van der Waals surface area contributed by atoms with E-state index < -0.39 is 0 Å². The van der Waals surface area contributed by atoms with Gasteiger partial charge in [-0.1, -0.05) is 7.43 Å². The quantitative estimate of drug-likeness (QED) is 0.481. The standard InChI is InChI=1S/C6H12BO2.CH4/c1-5(2)6(3,4)9-7-8-5;/h1-4H3;1H4. The van der Waals surface area contributed by atoms with Crippen molar-refractivity contribution >= 4 is 7.69 Å². The van der Waals surface area contributed by atoms with Crippen LogP contribution >= 0.6 is 0 Å². The molecule has 0 aromatic heterocycles. The topological polar surface area (TPSA) is 18.5 Å². The summed E-state index contributed by atoms with van der Waals surface area (Å²) in [4.78, 5) is 0. The van der Waals surface area contributed by atoms with Crippen molar-refractivity contribution < 1.29 is 9.31 Å². The van der Waals surface area contributed by atoms with Gasteiger partial charge in [0.05, 0.1) is 11.2 Å². The van der Waals surface area contributed by atoms with Gasteiger partial charge in [0.15, 0.2) is 0 Å². The highest BCUT2D eigenvalue weighted by molar-refractivity contribution is 6.19. The molecule has 2 nitrogen and oxygen atoms in total. The van der Waals surface area contributed by atoms with Crippen molar-refractivity contribution in [2.24, 2.45) is 0 Å². The summed E-state index contributed by atoms with van der Waals surface area (Å²) in [6.45, 7) is 8.04. The maximum absolute atomic E-state index is 5.21. The van der Waals surface area contributed by atoms with Crippen molar-refractivity contribution in [3.63, 3.8) is 0 Å². The van der Waals surface area contributed by atoms with E-state index in [4.69, 9.17) is 9.31 Å². The van der Waals surface area contributed by atoms with Crippen molar-refractivity contribution in [1.82, 2.24) is 0 Å². The Morgan fingerprint density at radius 1 is 0.900 bits per heavy atom. The van der Waals surface area contributed by atoms with Crippen LogP contribution in [-0.4, -0.2) is 18.9 Å². The summed E-state index contributed by atoms with van der Waals surface area (Å²) in [5, 5.41) is 0. The predicted molar refractivity (Wildman–Crippen MR) is 42.8 cm³/mol. The Kier molecular flexibility index (Phi) is 2.55. The second kappa shape index (κ2) is 2.55. The van der Waals surface area contributed by atoms with Gasteiger partial charge in [0.1, 0.15) is 0 Å². The van der Waals surface area contributed by atoms with Gasteiger partial charge in [-0.3, -0.25) is 0 Å². The van der Waals surface area contributed by atoms with E-state index in [9.17, 15) is 0 Å². The van der Waals surface area contributed by atoms with Gasteiger partial charge in [0, 0.05) is 0 Å². The lowest BCUT2D eigenvalue weighted by Crippen LogP contribution is -2.41. The highest BCUT2D eigenvalue weighted by Gasteiger charge is 2.44. The molecule has 0 saturated carbocycles. The molecule has 0 aromatic rings. The van der Waals surface area contributed by atoms with Crippen LogP contribution in [0.1, 0.15) is 35.1 Å². The summed E-state index contributed by atoms with van der Waals surface area (Å²) in [7, 11) is 1.42. The molecule has 0 N–H and O–H groups in total.